The predicted octanol–water partition coefficient (Wildman–Crippen LogP) is 6.49. The van der Waals surface area contributed by atoms with Crippen molar-refractivity contribution in [1.29, 1.82) is 0 Å². The fourth-order valence-electron chi connectivity index (χ4n) is 3.67. The molecule has 7 heteroatoms. The van der Waals surface area contributed by atoms with Gasteiger partial charge in [-0.1, -0.05) is 66.4 Å². The van der Waals surface area contributed by atoms with E-state index in [1.807, 2.05) is 6.92 Å². The smallest absolute Gasteiger partial charge is 0.407 e. The first-order chi connectivity index (χ1) is 16.3. The van der Waals surface area contributed by atoms with Crippen LogP contribution in [0.15, 0.2) is 12.2 Å². The third-order valence-electron chi connectivity index (χ3n) is 5.98. The molecule has 3 unspecified atom stereocenters. The third kappa shape index (κ3) is 16.5. The van der Waals surface area contributed by atoms with Crippen LogP contribution in [0, 0.1) is 5.92 Å². The standard InChI is InChI=1S/C27H49NO6/c1-7-11-15-22(8-2)20-24(10-4)33-25(29)17-14-12-13-16-23(9-3)34-27(31)28-18-19-32-26(30)21(5)6/h22-24H,5,7-20H2,1-4,6H3,(H,28,31). The van der Waals surface area contributed by atoms with Crippen LogP contribution in [0.1, 0.15) is 112 Å². The van der Waals surface area contributed by atoms with E-state index in [0.29, 0.717) is 17.9 Å². The topological polar surface area (TPSA) is 90.9 Å². The minimum Gasteiger partial charge on any atom is -0.462 e. The van der Waals surface area contributed by atoms with E-state index in [4.69, 9.17) is 14.2 Å². The number of unbranched alkanes of at least 4 members (excludes halogenated alkanes) is 3. The molecule has 0 heterocycles. The van der Waals surface area contributed by atoms with Crippen LogP contribution in [0.2, 0.25) is 0 Å². The lowest BCUT2D eigenvalue weighted by molar-refractivity contribution is -0.150. The van der Waals surface area contributed by atoms with Gasteiger partial charge in [-0.15, -0.1) is 0 Å². The highest BCUT2D eigenvalue weighted by atomic mass is 16.6. The molecular weight excluding hydrogens is 434 g/mol. The minimum absolute atomic E-state index is 0.0232. The highest BCUT2D eigenvalue weighted by Crippen LogP contribution is 2.22. The van der Waals surface area contributed by atoms with Crippen LogP contribution in [0.4, 0.5) is 4.79 Å². The number of nitrogens with one attached hydrogen (secondary N) is 1. The van der Waals surface area contributed by atoms with Gasteiger partial charge in [0.05, 0.1) is 6.54 Å². The zero-order valence-corrected chi connectivity index (χ0v) is 22.3. The predicted molar refractivity (Wildman–Crippen MR) is 136 cm³/mol. The summed E-state index contributed by atoms with van der Waals surface area (Å²) in [6.45, 7) is 13.8. The number of carbonyl (C=O) groups excluding carboxylic acids is 3. The first kappa shape index (κ1) is 31.9. The Hall–Kier alpha value is -2.05. The maximum Gasteiger partial charge on any atom is 0.407 e. The molecule has 0 saturated heterocycles. The number of hydrogen-bond donors (Lipinski definition) is 1. The molecule has 3 atom stereocenters. The number of esters is 2. The molecule has 0 aromatic rings. The van der Waals surface area contributed by atoms with E-state index in [1.165, 1.54) is 19.3 Å². The second-order valence-corrected chi connectivity index (χ2v) is 9.05. The summed E-state index contributed by atoms with van der Waals surface area (Å²) in [5.41, 5.74) is 0.319. The van der Waals surface area contributed by atoms with E-state index in [2.05, 4.69) is 32.7 Å². The molecule has 198 valence electrons. The highest BCUT2D eigenvalue weighted by molar-refractivity contribution is 5.86. The number of amides is 1. The number of ether oxygens (including phenoxy) is 3. The summed E-state index contributed by atoms with van der Waals surface area (Å²) in [5, 5.41) is 2.58. The summed E-state index contributed by atoms with van der Waals surface area (Å²) in [6, 6.07) is 0. The van der Waals surface area contributed by atoms with Gasteiger partial charge in [0, 0.05) is 12.0 Å². The van der Waals surface area contributed by atoms with Gasteiger partial charge in [0.25, 0.3) is 0 Å². The van der Waals surface area contributed by atoms with Crippen LogP contribution in [-0.4, -0.2) is 43.4 Å². The third-order valence-corrected chi connectivity index (χ3v) is 5.98. The summed E-state index contributed by atoms with van der Waals surface area (Å²) in [4.78, 5) is 35.5. The minimum atomic E-state index is -0.517. The Morgan fingerprint density at radius 1 is 0.853 bits per heavy atom. The molecule has 1 amide bonds. The van der Waals surface area contributed by atoms with Gasteiger partial charge in [0.1, 0.15) is 18.8 Å². The lowest BCUT2D eigenvalue weighted by Gasteiger charge is -2.22. The maximum absolute atomic E-state index is 12.3. The van der Waals surface area contributed by atoms with Crippen LogP contribution in [0.5, 0.6) is 0 Å². The van der Waals surface area contributed by atoms with Crippen molar-refractivity contribution in [3.63, 3.8) is 0 Å². The SMILES string of the molecule is C=C(C)C(=O)OCCNC(=O)OC(CC)CCCCCC(=O)OC(CC)CC(CC)CCCC. The van der Waals surface area contributed by atoms with E-state index in [9.17, 15) is 14.4 Å². The van der Waals surface area contributed by atoms with Gasteiger partial charge in [0.2, 0.25) is 0 Å². The molecule has 7 nitrogen and oxygen atoms in total. The zero-order valence-electron chi connectivity index (χ0n) is 22.3. The molecule has 0 aliphatic rings. The van der Waals surface area contributed by atoms with E-state index < -0.39 is 12.1 Å². The molecule has 0 fully saturated rings. The Morgan fingerprint density at radius 2 is 1.56 bits per heavy atom. The summed E-state index contributed by atoms with van der Waals surface area (Å²) >= 11 is 0. The molecule has 1 N–H and O–H groups in total. The first-order valence-electron chi connectivity index (χ1n) is 13.2. The quantitative estimate of drug-likeness (QED) is 0.0921. The van der Waals surface area contributed by atoms with E-state index >= 15 is 0 Å². The van der Waals surface area contributed by atoms with Crippen molar-refractivity contribution < 1.29 is 28.6 Å². The Labute approximate surface area is 207 Å². The van der Waals surface area contributed by atoms with Crippen LogP contribution < -0.4 is 5.32 Å². The molecule has 0 radical (unpaired) electrons. The Balaban J connectivity index is 4.04. The second kappa shape index (κ2) is 20.3. The van der Waals surface area contributed by atoms with E-state index in [1.54, 1.807) is 6.92 Å². The normalized spacial score (nSPS) is 13.4. The highest BCUT2D eigenvalue weighted by Gasteiger charge is 2.18. The van der Waals surface area contributed by atoms with Crippen molar-refractivity contribution in [3.05, 3.63) is 12.2 Å². The largest absolute Gasteiger partial charge is 0.462 e. The Bertz CT molecular complexity index is 592. The van der Waals surface area contributed by atoms with Crippen LogP contribution >= 0.6 is 0 Å². The molecule has 0 rings (SSSR count). The molecule has 0 aliphatic carbocycles. The lowest BCUT2D eigenvalue weighted by atomic mass is 9.92. The summed E-state index contributed by atoms with van der Waals surface area (Å²) in [7, 11) is 0. The molecule has 0 aromatic carbocycles. The van der Waals surface area contributed by atoms with Gasteiger partial charge < -0.3 is 19.5 Å². The van der Waals surface area contributed by atoms with Gasteiger partial charge in [-0.25, -0.2) is 9.59 Å². The first-order valence-corrected chi connectivity index (χ1v) is 13.2. The Kier molecular flexibility index (Phi) is 19.1. The number of alkyl carbamates (subject to hydrolysis) is 1. The van der Waals surface area contributed by atoms with Gasteiger partial charge in [-0.05, 0) is 51.4 Å². The average molecular weight is 484 g/mol. The molecule has 0 saturated carbocycles. The second-order valence-electron chi connectivity index (χ2n) is 9.05. The number of rotatable bonds is 20. The van der Waals surface area contributed by atoms with Crippen LogP contribution in [0.25, 0.3) is 0 Å². The average Bonchev–Trinajstić information content (AvgIpc) is 2.82. The van der Waals surface area contributed by atoms with E-state index in [0.717, 1.165) is 51.4 Å². The zero-order chi connectivity index (χ0) is 25.8. The van der Waals surface area contributed by atoms with Gasteiger partial charge in [-0.2, -0.15) is 0 Å². The number of carbonyl (C=O) groups is 3. The molecule has 0 aromatic heterocycles. The Morgan fingerprint density at radius 3 is 2.15 bits per heavy atom. The molecule has 34 heavy (non-hydrogen) atoms. The summed E-state index contributed by atoms with van der Waals surface area (Å²) in [6.07, 6.45) is 10.4. The van der Waals surface area contributed by atoms with Crippen molar-refractivity contribution in [2.45, 2.75) is 124 Å². The van der Waals surface area contributed by atoms with Gasteiger partial charge in [-0.3, -0.25) is 4.79 Å². The van der Waals surface area contributed by atoms with Gasteiger partial charge in [0.15, 0.2) is 0 Å². The lowest BCUT2D eigenvalue weighted by Crippen LogP contribution is -2.31. The van der Waals surface area contributed by atoms with Crippen LogP contribution in [0.3, 0.4) is 0 Å². The number of hydrogen-bond acceptors (Lipinski definition) is 6. The monoisotopic (exact) mass is 483 g/mol. The molecule has 0 spiro atoms. The van der Waals surface area contributed by atoms with E-state index in [-0.39, 0.29) is 31.3 Å². The van der Waals surface area contributed by atoms with Crippen molar-refractivity contribution >= 4 is 18.0 Å². The van der Waals surface area contributed by atoms with Crippen LogP contribution in [-0.2, 0) is 23.8 Å². The fraction of sp³-hybridized carbons (Fsp3) is 0.815. The fourth-order valence-corrected chi connectivity index (χ4v) is 3.67. The van der Waals surface area contributed by atoms with Gasteiger partial charge >= 0.3 is 18.0 Å². The van der Waals surface area contributed by atoms with Crippen molar-refractivity contribution in [1.82, 2.24) is 5.32 Å². The van der Waals surface area contributed by atoms with Crippen molar-refractivity contribution in [2.24, 2.45) is 5.92 Å². The van der Waals surface area contributed by atoms with Crippen molar-refractivity contribution in [2.75, 3.05) is 13.2 Å². The van der Waals surface area contributed by atoms with Crippen molar-refractivity contribution in [3.8, 4) is 0 Å². The molecule has 0 bridgehead atoms. The summed E-state index contributed by atoms with van der Waals surface area (Å²) < 4.78 is 16.1. The maximum atomic E-state index is 12.3. The summed E-state index contributed by atoms with van der Waals surface area (Å²) in [5.74, 6) is 0.0484. The molecular formula is C27H49NO6. The molecule has 0 aliphatic heterocycles.